The molecule has 4 heteroatoms. The van der Waals surface area contributed by atoms with Gasteiger partial charge in [0.15, 0.2) is 0 Å². The molecule has 0 amide bonds. The highest BCUT2D eigenvalue weighted by atomic mass is 19.1. The molecule has 3 nitrogen and oxygen atoms in total. The molecule has 2 N–H and O–H groups in total. The second-order valence-corrected chi connectivity index (χ2v) is 5.11. The van der Waals surface area contributed by atoms with Gasteiger partial charge in [-0.3, -0.25) is 0 Å². The molecule has 0 saturated carbocycles. The van der Waals surface area contributed by atoms with Crippen LogP contribution >= 0.6 is 0 Å². The van der Waals surface area contributed by atoms with Crippen LogP contribution in [0.25, 0.3) is 11.0 Å². The standard InChI is InChI=1S/C17H18FN3/c18-14-9-7-13(8-10-14)12-19-11-3-6-17-20-15-4-1-2-5-16(15)21-17/h1-2,4-5,7-10,19H,3,6,11-12H2,(H,20,21). The SMILES string of the molecule is Fc1ccc(CNCCCc2nc3ccccc3[nH]2)cc1. The molecule has 3 aromatic rings. The molecule has 0 aliphatic carbocycles. The lowest BCUT2D eigenvalue weighted by atomic mass is 10.2. The molecule has 0 aliphatic rings. The number of benzene rings is 2. The first kappa shape index (κ1) is 13.8. The van der Waals surface area contributed by atoms with E-state index in [0.717, 1.165) is 48.4 Å². The van der Waals surface area contributed by atoms with Gasteiger partial charge in [-0.1, -0.05) is 24.3 Å². The molecular weight excluding hydrogens is 265 g/mol. The second kappa shape index (κ2) is 6.50. The van der Waals surface area contributed by atoms with Gasteiger partial charge in [0.05, 0.1) is 11.0 Å². The van der Waals surface area contributed by atoms with Gasteiger partial charge >= 0.3 is 0 Å². The highest BCUT2D eigenvalue weighted by molar-refractivity contribution is 5.74. The average Bonchev–Trinajstić information content (AvgIpc) is 2.91. The van der Waals surface area contributed by atoms with E-state index in [1.54, 1.807) is 0 Å². The first-order valence-corrected chi connectivity index (χ1v) is 7.20. The fourth-order valence-corrected chi connectivity index (χ4v) is 2.34. The van der Waals surface area contributed by atoms with Gasteiger partial charge in [-0.25, -0.2) is 9.37 Å². The summed E-state index contributed by atoms with van der Waals surface area (Å²) in [7, 11) is 0. The summed E-state index contributed by atoms with van der Waals surface area (Å²) in [6.45, 7) is 1.68. The third-order valence-electron chi connectivity index (χ3n) is 3.45. The molecule has 1 aromatic heterocycles. The molecule has 0 unspecified atom stereocenters. The molecule has 0 saturated heterocycles. The van der Waals surface area contributed by atoms with Gasteiger partial charge in [0, 0.05) is 13.0 Å². The number of rotatable bonds is 6. The van der Waals surface area contributed by atoms with E-state index in [-0.39, 0.29) is 5.82 Å². The molecule has 1 heterocycles. The van der Waals surface area contributed by atoms with Gasteiger partial charge < -0.3 is 10.3 Å². The molecule has 0 bridgehead atoms. The molecular formula is C17H18FN3. The molecule has 0 fully saturated rings. The number of fused-ring (bicyclic) bond motifs is 1. The third-order valence-corrected chi connectivity index (χ3v) is 3.45. The molecule has 0 spiro atoms. The Balaban J connectivity index is 1.42. The van der Waals surface area contributed by atoms with E-state index in [4.69, 9.17) is 0 Å². The zero-order valence-electron chi connectivity index (χ0n) is 11.8. The second-order valence-electron chi connectivity index (χ2n) is 5.11. The molecule has 21 heavy (non-hydrogen) atoms. The zero-order chi connectivity index (χ0) is 14.5. The topological polar surface area (TPSA) is 40.7 Å². The first-order chi connectivity index (χ1) is 10.3. The van der Waals surface area contributed by atoms with E-state index in [1.165, 1.54) is 12.1 Å². The number of H-pyrrole nitrogens is 1. The van der Waals surface area contributed by atoms with E-state index >= 15 is 0 Å². The van der Waals surface area contributed by atoms with Gasteiger partial charge in [0.2, 0.25) is 0 Å². The van der Waals surface area contributed by atoms with E-state index in [2.05, 4.69) is 15.3 Å². The van der Waals surface area contributed by atoms with Crippen LogP contribution in [-0.4, -0.2) is 16.5 Å². The lowest BCUT2D eigenvalue weighted by Gasteiger charge is -2.04. The Bertz CT molecular complexity index is 670. The Morgan fingerprint density at radius 2 is 1.86 bits per heavy atom. The molecule has 0 aliphatic heterocycles. The Labute approximate surface area is 123 Å². The van der Waals surface area contributed by atoms with Crippen molar-refractivity contribution in [3.05, 3.63) is 65.7 Å². The van der Waals surface area contributed by atoms with Crippen molar-refractivity contribution in [2.24, 2.45) is 0 Å². The monoisotopic (exact) mass is 283 g/mol. The molecule has 3 rings (SSSR count). The summed E-state index contributed by atoms with van der Waals surface area (Å²) in [6.07, 6.45) is 1.94. The summed E-state index contributed by atoms with van der Waals surface area (Å²) >= 11 is 0. The number of aromatic amines is 1. The van der Waals surface area contributed by atoms with Gasteiger partial charge in [-0.2, -0.15) is 0 Å². The number of halogens is 1. The number of aryl methyl sites for hydroxylation is 1. The summed E-state index contributed by atoms with van der Waals surface area (Å²) in [5.41, 5.74) is 3.21. The minimum Gasteiger partial charge on any atom is -0.342 e. The van der Waals surface area contributed by atoms with Crippen LogP contribution in [0.2, 0.25) is 0 Å². The first-order valence-electron chi connectivity index (χ1n) is 7.20. The summed E-state index contributed by atoms with van der Waals surface area (Å²) < 4.78 is 12.8. The maximum atomic E-state index is 12.8. The maximum Gasteiger partial charge on any atom is 0.123 e. The number of aromatic nitrogens is 2. The van der Waals surface area contributed by atoms with Crippen molar-refractivity contribution >= 4 is 11.0 Å². The number of hydrogen-bond donors (Lipinski definition) is 2. The summed E-state index contributed by atoms with van der Waals surface area (Å²) in [5, 5.41) is 3.36. The highest BCUT2D eigenvalue weighted by Crippen LogP contribution is 2.11. The lowest BCUT2D eigenvalue weighted by Crippen LogP contribution is -2.15. The van der Waals surface area contributed by atoms with Crippen molar-refractivity contribution in [2.75, 3.05) is 6.54 Å². The third kappa shape index (κ3) is 3.67. The Kier molecular flexibility index (Phi) is 4.26. The van der Waals surface area contributed by atoms with E-state index in [9.17, 15) is 4.39 Å². The van der Waals surface area contributed by atoms with E-state index in [1.807, 2.05) is 36.4 Å². The van der Waals surface area contributed by atoms with Crippen molar-refractivity contribution in [1.29, 1.82) is 0 Å². The van der Waals surface area contributed by atoms with Gasteiger partial charge in [-0.15, -0.1) is 0 Å². The van der Waals surface area contributed by atoms with Crippen LogP contribution in [0.15, 0.2) is 48.5 Å². The highest BCUT2D eigenvalue weighted by Gasteiger charge is 2.01. The van der Waals surface area contributed by atoms with Gasteiger partial charge in [-0.05, 0) is 42.8 Å². The average molecular weight is 283 g/mol. The Morgan fingerprint density at radius 3 is 2.67 bits per heavy atom. The maximum absolute atomic E-state index is 12.8. The van der Waals surface area contributed by atoms with Crippen molar-refractivity contribution in [1.82, 2.24) is 15.3 Å². The van der Waals surface area contributed by atoms with E-state index in [0.29, 0.717) is 0 Å². The van der Waals surface area contributed by atoms with Crippen LogP contribution < -0.4 is 5.32 Å². The Hall–Kier alpha value is -2.20. The number of hydrogen-bond acceptors (Lipinski definition) is 2. The molecule has 108 valence electrons. The van der Waals surface area contributed by atoms with Crippen LogP contribution in [0, 0.1) is 5.82 Å². The predicted molar refractivity (Wildman–Crippen MR) is 82.5 cm³/mol. The van der Waals surface area contributed by atoms with Crippen LogP contribution in [0.1, 0.15) is 17.8 Å². The number of imidazole rings is 1. The minimum atomic E-state index is -0.191. The summed E-state index contributed by atoms with van der Waals surface area (Å²) in [6, 6.07) is 14.7. The molecule has 0 radical (unpaired) electrons. The lowest BCUT2D eigenvalue weighted by molar-refractivity contribution is 0.621. The van der Waals surface area contributed by atoms with Gasteiger partial charge in [0.1, 0.15) is 11.6 Å². The largest absolute Gasteiger partial charge is 0.342 e. The van der Waals surface area contributed by atoms with E-state index < -0.39 is 0 Å². The molecule has 0 atom stereocenters. The smallest absolute Gasteiger partial charge is 0.123 e. The van der Waals surface area contributed by atoms with Gasteiger partial charge in [0.25, 0.3) is 0 Å². The fraction of sp³-hybridized carbons (Fsp3) is 0.235. The predicted octanol–water partition coefficient (Wildman–Crippen LogP) is 3.42. The quantitative estimate of drug-likeness (QED) is 0.680. The number of nitrogens with zero attached hydrogens (tertiary/aromatic N) is 1. The molecule has 2 aromatic carbocycles. The Morgan fingerprint density at radius 1 is 1.05 bits per heavy atom. The minimum absolute atomic E-state index is 0.191. The van der Waals surface area contributed by atoms with Crippen LogP contribution in [0.4, 0.5) is 4.39 Å². The van der Waals surface area contributed by atoms with Crippen molar-refractivity contribution in [2.45, 2.75) is 19.4 Å². The van der Waals surface area contributed by atoms with Crippen molar-refractivity contribution < 1.29 is 4.39 Å². The summed E-state index contributed by atoms with van der Waals surface area (Å²) in [5.74, 6) is 0.836. The van der Waals surface area contributed by atoms with Crippen LogP contribution in [-0.2, 0) is 13.0 Å². The normalized spacial score (nSPS) is 11.1. The van der Waals surface area contributed by atoms with Crippen LogP contribution in [0.3, 0.4) is 0 Å². The van der Waals surface area contributed by atoms with Crippen molar-refractivity contribution in [3.63, 3.8) is 0 Å². The fourth-order valence-electron chi connectivity index (χ4n) is 2.34. The summed E-state index contributed by atoms with van der Waals surface area (Å²) in [4.78, 5) is 7.88. The number of nitrogens with one attached hydrogen (secondary N) is 2. The number of para-hydroxylation sites is 2. The van der Waals surface area contributed by atoms with Crippen molar-refractivity contribution in [3.8, 4) is 0 Å². The zero-order valence-corrected chi connectivity index (χ0v) is 11.8. The van der Waals surface area contributed by atoms with Crippen LogP contribution in [0.5, 0.6) is 0 Å².